The second-order valence-electron chi connectivity index (χ2n) is 5.02. The molecule has 2 N–H and O–H groups in total. The fourth-order valence-electron chi connectivity index (χ4n) is 2.50. The van der Waals surface area contributed by atoms with Crippen LogP contribution in [-0.2, 0) is 0 Å². The highest BCUT2D eigenvalue weighted by Gasteiger charge is 2.20. The number of aromatic nitrogens is 1. The minimum atomic E-state index is 0.806. The van der Waals surface area contributed by atoms with Crippen molar-refractivity contribution in [3.8, 4) is 0 Å². The van der Waals surface area contributed by atoms with Crippen molar-refractivity contribution in [1.29, 1.82) is 0 Å². The van der Waals surface area contributed by atoms with Crippen LogP contribution in [-0.4, -0.2) is 31.2 Å². The highest BCUT2D eigenvalue weighted by molar-refractivity contribution is 9.11. The van der Waals surface area contributed by atoms with Crippen molar-refractivity contribution >= 4 is 49.1 Å². The monoisotopic (exact) mass is 410 g/mol. The predicted molar refractivity (Wildman–Crippen MR) is 94.9 cm³/mol. The number of nitrogens with zero attached hydrogens (tertiary/aromatic N) is 3. The quantitative estimate of drug-likeness (QED) is 0.768. The Morgan fingerprint density at radius 1 is 0.952 bits per heavy atom. The van der Waals surface area contributed by atoms with E-state index in [4.69, 9.17) is 5.73 Å². The molecule has 2 heterocycles. The fraction of sp³-hybridized carbons (Fsp3) is 0.267. The van der Waals surface area contributed by atoms with Crippen LogP contribution < -0.4 is 15.5 Å². The fourth-order valence-corrected chi connectivity index (χ4v) is 3.74. The van der Waals surface area contributed by atoms with Gasteiger partial charge in [-0.25, -0.2) is 4.98 Å². The van der Waals surface area contributed by atoms with Crippen molar-refractivity contribution in [3.63, 3.8) is 0 Å². The Balaban J connectivity index is 1.68. The van der Waals surface area contributed by atoms with Gasteiger partial charge in [0.05, 0.1) is 4.47 Å². The molecule has 2 aromatic rings. The molecule has 110 valence electrons. The Labute approximate surface area is 141 Å². The van der Waals surface area contributed by atoms with E-state index in [0.717, 1.165) is 46.6 Å². The van der Waals surface area contributed by atoms with Gasteiger partial charge in [-0.15, -0.1) is 0 Å². The second kappa shape index (κ2) is 6.23. The molecule has 4 nitrogen and oxygen atoms in total. The van der Waals surface area contributed by atoms with Gasteiger partial charge in [-0.1, -0.05) is 0 Å². The number of hydrogen-bond donors (Lipinski definition) is 1. The van der Waals surface area contributed by atoms with E-state index < -0.39 is 0 Å². The van der Waals surface area contributed by atoms with Crippen molar-refractivity contribution < 1.29 is 0 Å². The molecule has 0 amide bonds. The number of hydrogen-bond acceptors (Lipinski definition) is 4. The summed E-state index contributed by atoms with van der Waals surface area (Å²) >= 11 is 7.03. The highest BCUT2D eigenvalue weighted by Crippen LogP contribution is 2.28. The van der Waals surface area contributed by atoms with E-state index in [1.54, 1.807) is 0 Å². The minimum Gasteiger partial charge on any atom is -0.399 e. The van der Waals surface area contributed by atoms with Gasteiger partial charge < -0.3 is 15.5 Å². The molecular weight excluding hydrogens is 396 g/mol. The maximum atomic E-state index is 5.74. The summed E-state index contributed by atoms with van der Waals surface area (Å²) < 4.78 is 2.01. The van der Waals surface area contributed by atoms with E-state index in [0.29, 0.717) is 0 Å². The van der Waals surface area contributed by atoms with E-state index in [9.17, 15) is 0 Å². The summed E-state index contributed by atoms with van der Waals surface area (Å²) in [6, 6.07) is 10.1. The molecule has 1 saturated heterocycles. The smallest absolute Gasteiger partial charge is 0.143 e. The van der Waals surface area contributed by atoms with Crippen LogP contribution in [0.25, 0.3) is 0 Å². The third-order valence-corrected chi connectivity index (χ3v) is 4.64. The average Bonchev–Trinajstić information content (AvgIpc) is 2.48. The number of nitrogens with two attached hydrogens (primary N) is 1. The number of rotatable bonds is 2. The lowest BCUT2D eigenvalue weighted by molar-refractivity contribution is 0.646. The summed E-state index contributed by atoms with van der Waals surface area (Å²) in [5.41, 5.74) is 7.77. The summed E-state index contributed by atoms with van der Waals surface area (Å²) in [5, 5.41) is 0. The highest BCUT2D eigenvalue weighted by atomic mass is 79.9. The molecule has 0 radical (unpaired) electrons. The SMILES string of the molecule is Nc1ccc(N2CCN(c3ncc(Br)cc3Br)CC2)cc1. The first-order valence-electron chi connectivity index (χ1n) is 6.80. The molecule has 0 atom stereocenters. The molecule has 21 heavy (non-hydrogen) atoms. The molecule has 0 bridgehead atoms. The van der Waals surface area contributed by atoms with Crippen LogP contribution in [0.3, 0.4) is 0 Å². The molecule has 0 saturated carbocycles. The van der Waals surface area contributed by atoms with Crippen LogP contribution in [0.4, 0.5) is 17.2 Å². The molecule has 6 heteroatoms. The van der Waals surface area contributed by atoms with Crippen LogP contribution in [0, 0.1) is 0 Å². The Hall–Kier alpha value is -1.27. The van der Waals surface area contributed by atoms with E-state index >= 15 is 0 Å². The number of halogens is 2. The van der Waals surface area contributed by atoms with Crippen LogP contribution in [0.1, 0.15) is 0 Å². The molecule has 0 unspecified atom stereocenters. The first kappa shape index (κ1) is 14.7. The Morgan fingerprint density at radius 2 is 1.57 bits per heavy atom. The second-order valence-corrected chi connectivity index (χ2v) is 6.79. The summed E-state index contributed by atoms with van der Waals surface area (Å²) in [4.78, 5) is 9.20. The molecule has 1 aromatic heterocycles. The lowest BCUT2D eigenvalue weighted by Gasteiger charge is -2.37. The summed E-state index contributed by atoms with van der Waals surface area (Å²) in [7, 11) is 0. The molecule has 1 aliphatic heterocycles. The van der Waals surface area contributed by atoms with E-state index in [-0.39, 0.29) is 0 Å². The zero-order valence-corrected chi connectivity index (χ0v) is 14.6. The molecule has 1 fully saturated rings. The van der Waals surface area contributed by atoms with E-state index in [1.807, 2.05) is 24.4 Å². The Kier molecular flexibility index (Phi) is 4.35. The van der Waals surface area contributed by atoms with Gasteiger partial charge in [0.25, 0.3) is 0 Å². The van der Waals surface area contributed by atoms with Gasteiger partial charge in [0.2, 0.25) is 0 Å². The van der Waals surface area contributed by atoms with Crippen LogP contribution in [0.2, 0.25) is 0 Å². The van der Waals surface area contributed by atoms with Gasteiger partial charge in [-0.05, 0) is 62.2 Å². The van der Waals surface area contributed by atoms with E-state index in [2.05, 4.69) is 58.8 Å². The number of benzene rings is 1. The average molecular weight is 412 g/mol. The number of nitrogen functional groups attached to an aromatic ring is 1. The maximum absolute atomic E-state index is 5.74. The normalized spacial score (nSPS) is 15.3. The Bertz CT molecular complexity index is 622. The third kappa shape index (κ3) is 3.32. The maximum Gasteiger partial charge on any atom is 0.143 e. The summed E-state index contributed by atoms with van der Waals surface area (Å²) in [5.74, 6) is 1.01. The zero-order valence-electron chi connectivity index (χ0n) is 11.5. The molecule has 0 spiro atoms. The van der Waals surface area contributed by atoms with Gasteiger partial charge in [-0.2, -0.15) is 0 Å². The van der Waals surface area contributed by atoms with Crippen molar-refractivity contribution in [3.05, 3.63) is 45.5 Å². The predicted octanol–water partition coefficient (Wildman–Crippen LogP) is 3.52. The number of anilines is 3. The lowest BCUT2D eigenvalue weighted by atomic mass is 10.2. The largest absolute Gasteiger partial charge is 0.399 e. The van der Waals surface area contributed by atoms with Crippen LogP contribution >= 0.6 is 31.9 Å². The molecular formula is C15H16Br2N4. The summed E-state index contributed by atoms with van der Waals surface area (Å²) in [6.45, 7) is 3.87. The number of piperazine rings is 1. The van der Waals surface area contributed by atoms with Crippen molar-refractivity contribution in [1.82, 2.24) is 4.98 Å². The van der Waals surface area contributed by atoms with Gasteiger partial charge in [0.1, 0.15) is 5.82 Å². The van der Waals surface area contributed by atoms with Gasteiger partial charge in [0, 0.05) is 48.2 Å². The Morgan fingerprint density at radius 3 is 2.19 bits per heavy atom. The van der Waals surface area contributed by atoms with Crippen LogP contribution in [0.15, 0.2) is 45.5 Å². The standard InChI is InChI=1S/C15H16Br2N4/c16-11-9-14(17)15(19-10-11)21-7-5-20(6-8-21)13-3-1-12(18)2-4-13/h1-4,9-10H,5-8,18H2. The van der Waals surface area contributed by atoms with Gasteiger partial charge in [0.15, 0.2) is 0 Å². The summed E-state index contributed by atoms with van der Waals surface area (Å²) in [6.07, 6.45) is 1.84. The van der Waals surface area contributed by atoms with Crippen LogP contribution in [0.5, 0.6) is 0 Å². The lowest BCUT2D eigenvalue weighted by Crippen LogP contribution is -2.47. The topological polar surface area (TPSA) is 45.4 Å². The third-order valence-electron chi connectivity index (χ3n) is 3.63. The molecule has 1 aliphatic rings. The van der Waals surface area contributed by atoms with Crippen molar-refractivity contribution in [2.24, 2.45) is 0 Å². The molecule has 1 aromatic carbocycles. The first-order valence-corrected chi connectivity index (χ1v) is 8.38. The number of pyridine rings is 1. The van der Waals surface area contributed by atoms with Gasteiger partial charge in [-0.3, -0.25) is 0 Å². The van der Waals surface area contributed by atoms with Gasteiger partial charge >= 0.3 is 0 Å². The van der Waals surface area contributed by atoms with E-state index in [1.165, 1.54) is 5.69 Å². The molecule has 3 rings (SSSR count). The van der Waals surface area contributed by atoms with Crippen molar-refractivity contribution in [2.45, 2.75) is 0 Å². The first-order chi connectivity index (χ1) is 10.1. The minimum absolute atomic E-state index is 0.806. The molecule has 0 aliphatic carbocycles. The zero-order chi connectivity index (χ0) is 14.8. The van der Waals surface area contributed by atoms with Crippen molar-refractivity contribution in [2.75, 3.05) is 41.7 Å².